The second-order valence-corrected chi connectivity index (χ2v) is 7.26. The lowest BCUT2D eigenvalue weighted by Crippen LogP contribution is -2.35. The summed E-state index contributed by atoms with van der Waals surface area (Å²) in [6, 6.07) is 14.6. The van der Waals surface area contributed by atoms with Crippen LogP contribution in [0.25, 0.3) is 16.6 Å². The summed E-state index contributed by atoms with van der Waals surface area (Å²) in [5.41, 5.74) is 2.66. The molecule has 0 aliphatic heterocycles. The Kier molecular flexibility index (Phi) is 5.53. The number of carbonyl (C=O) groups excluding carboxylic acids is 1. The van der Waals surface area contributed by atoms with E-state index in [0.29, 0.717) is 28.6 Å². The van der Waals surface area contributed by atoms with Crippen molar-refractivity contribution in [2.24, 2.45) is 0 Å². The highest BCUT2D eigenvalue weighted by molar-refractivity contribution is 5.90. The maximum atomic E-state index is 12.5. The van der Waals surface area contributed by atoms with E-state index in [1.807, 2.05) is 38.1 Å². The molecule has 0 fully saturated rings. The number of benzene rings is 2. The van der Waals surface area contributed by atoms with E-state index in [1.54, 1.807) is 28.9 Å². The number of nitrogens with zero attached hydrogens (tertiary/aromatic N) is 3. The third-order valence-corrected chi connectivity index (χ3v) is 5.22. The molecule has 2 aromatic carbocycles. The van der Waals surface area contributed by atoms with Gasteiger partial charge >= 0.3 is 11.7 Å². The van der Waals surface area contributed by atoms with Crippen LogP contribution in [0.15, 0.2) is 64.3 Å². The molecule has 0 aliphatic rings. The van der Waals surface area contributed by atoms with Crippen molar-refractivity contribution in [3.8, 4) is 5.69 Å². The van der Waals surface area contributed by atoms with Crippen LogP contribution in [0.1, 0.15) is 28.0 Å². The number of ether oxygens (including phenoxy) is 1. The number of H-pyrrole nitrogens is 1. The number of aromatic amines is 1. The molecule has 0 saturated heterocycles. The number of para-hydroxylation sites is 2. The fraction of sp³-hybridized carbons (Fsp3) is 0.217. The number of aryl methyl sites for hydroxylation is 1. The molecule has 2 heterocycles. The highest BCUT2D eigenvalue weighted by Gasteiger charge is 2.17. The molecule has 4 rings (SSSR count). The predicted molar refractivity (Wildman–Crippen MR) is 117 cm³/mol. The minimum atomic E-state index is -0.489. The SMILES string of the molecule is Cc1ccccc1-n1ncc(C(=O)OCCCn2c(=O)[nH]c3ccccc3c2=O)c1C. The second-order valence-electron chi connectivity index (χ2n) is 7.26. The monoisotopic (exact) mass is 418 g/mol. The highest BCUT2D eigenvalue weighted by atomic mass is 16.5. The Bertz CT molecular complexity index is 1380. The summed E-state index contributed by atoms with van der Waals surface area (Å²) in [4.78, 5) is 39.9. The smallest absolute Gasteiger partial charge is 0.341 e. The van der Waals surface area contributed by atoms with Crippen molar-refractivity contribution in [1.82, 2.24) is 19.3 Å². The first-order valence-corrected chi connectivity index (χ1v) is 9.97. The van der Waals surface area contributed by atoms with Crippen LogP contribution in [-0.4, -0.2) is 31.9 Å². The molecule has 0 spiro atoms. The first kappa shape index (κ1) is 20.3. The van der Waals surface area contributed by atoms with Crippen LogP contribution in [0, 0.1) is 13.8 Å². The summed E-state index contributed by atoms with van der Waals surface area (Å²) >= 11 is 0. The zero-order valence-corrected chi connectivity index (χ0v) is 17.3. The van der Waals surface area contributed by atoms with E-state index in [1.165, 1.54) is 6.20 Å². The Morgan fingerprint density at radius 2 is 1.81 bits per heavy atom. The molecular weight excluding hydrogens is 396 g/mol. The number of hydrogen-bond donors (Lipinski definition) is 1. The zero-order chi connectivity index (χ0) is 22.0. The van der Waals surface area contributed by atoms with Crippen LogP contribution in [0.3, 0.4) is 0 Å². The maximum Gasteiger partial charge on any atom is 0.341 e. The van der Waals surface area contributed by atoms with E-state index >= 15 is 0 Å². The predicted octanol–water partition coefficient (Wildman–Crippen LogP) is 2.74. The lowest BCUT2D eigenvalue weighted by atomic mass is 10.2. The number of esters is 1. The summed E-state index contributed by atoms with van der Waals surface area (Å²) in [7, 11) is 0. The highest BCUT2D eigenvalue weighted by Crippen LogP contribution is 2.18. The molecule has 8 nitrogen and oxygen atoms in total. The van der Waals surface area contributed by atoms with Gasteiger partial charge in [-0.2, -0.15) is 5.10 Å². The van der Waals surface area contributed by atoms with Gasteiger partial charge in [0, 0.05) is 6.54 Å². The van der Waals surface area contributed by atoms with E-state index in [9.17, 15) is 14.4 Å². The number of carbonyl (C=O) groups is 1. The molecular formula is C23H22N4O4. The van der Waals surface area contributed by atoms with Crippen molar-refractivity contribution in [2.45, 2.75) is 26.8 Å². The fourth-order valence-corrected chi connectivity index (χ4v) is 3.52. The Morgan fingerprint density at radius 1 is 1.06 bits per heavy atom. The first-order valence-electron chi connectivity index (χ1n) is 9.97. The van der Waals surface area contributed by atoms with Gasteiger partial charge in [0.25, 0.3) is 5.56 Å². The zero-order valence-electron chi connectivity index (χ0n) is 17.3. The molecule has 2 aromatic heterocycles. The van der Waals surface area contributed by atoms with E-state index in [0.717, 1.165) is 15.8 Å². The Balaban J connectivity index is 1.42. The molecule has 31 heavy (non-hydrogen) atoms. The van der Waals surface area contributed by atoms with Gasteiger partial charge < -0.3 is 9.72 Å². The molecule has 8 heteroatoms. The molecule has 0 aliphatic carbocycles. The lowest BCUT2D eigenvalue weighted by Gasteiger charge is -2.09. The fourth-order valence-electron chi connectivity index (χ4n) is 3.52. The van der Waals surface area contributed by atoms with Crippen molar-refractivity contribution < 1.29 is 9.53 Å². The van der Waals surface area contributed by atoms with Crippen molar-refractivity contribution in [1.29, 1.82) is 0 Å². The van der Waals surface area contributed by atoms with E-state index in [4.69, 9.17) is 4.74 Å². The van der Waals surface area contributed by atoms with Gasteiger partial charge in [-0.05, 0) is 44.0 Å². The van der Waals surface area contributed by atoms with Crippen LogP contribution in [0.4, 0.5) is 0 Å². The molecule has 0 bridgehead atoms. The van der Waals surface area contributed by atoms with Gasteiger partial charge in [-0.15, -0.1) is 0 Å². The summed E-state index contributed by atoms with van der Waals surface area (Å²) in [5.74, 6) is -0.489. The third-order valence-electron chi connectivity index (χ3n) is 5.22. The van der Waals surface area contributed by atoms with Crippen molar-refractivity contribution in [3.05, 3.63) is 92.4 Å². The van der Waals surface area contributed by atoms with Gasteiger partial charge in [-0.1, -0.05) is 30.3 Å². The average molecular weight is 418 g/mol. The largest absolute Gasteiger partial charge is 0.462 e. The number of rotatable bonds is 6. The van der Waals surface area contributed by atoms with Gasteiger partial charge in [0.15, 0.2) is 0 Å². The Labute approximate surface area is 177 Å². The molecule has 0 atom stereocenters. The van der Waals surface area contributed by atoms with Crippen molar-refractivity contribution in [3.63, 3.8) is 0 Å². The maximum absolute atomic E-state index is 12.5. The molecule has 0 unspecified atom stereocenters. The average Bonchev–Trinajstić information content (AvgIpc) is 3.14. The van der Waals surface area contributed by atoms with Gasteiger partial charge in [0.2, 0.25) is 0 Å². The Morgan fingerprint density at radius 3 is 2.61 bits per heavy atom. The van der Waals surface area contributed by atoms with Crippen LogP contribution in [0.5, 0.6) is 0 Å². The van der Waals surface area contributed by atoms with Gasteiger partial charge in [0.1, 0.15) is 5.56 Å². The summed E-state index contributed by atoms with van der Waals surface area (Å²) in [6.45, 7) is 4.01. The van der Waals surface area contributed by atoms with Crippen LogP contribution >= 0.6 is 0 Å². The minimum absolute atomic E-state index is 0.0759. The van der Waals surface area contributed by atoms with Gasteiger partial charge in [-0.3, -0.25) is 9.36 Å². The van der Waals surface area contributed by atoms with Crippen molar-refractivity contribution >= 4 is 16.9 Å². The molecule has 158 valence electrons. The number of nitrogens with one attached hydrogen (secondary N) is 1. The summed E-state index contributed by atoms with van der Waals surface area (Å²) in [5, 5.41) is 4.76. The minimum Gasteiger partial charge on any atom is -0.462 e. The second kappa shape index (κ2) is 8.43. The van der Waals surface area contributed by atoms with Crippen LogP contribution in [-0.2, 0) is 11.3 Å². The number of fused-ring (bicyclic) bond motifs is 1. The molecule has 0 saturated carbocycles. The van der Waals surface area contributed by atoms with E-state index in [2.05, 4.69) is 10.1 Å². The normalized spacial score (nSPS) is 11.0. The molecule has 1 N–H and O–H groups in total. The molecule has 0 amide bonds. The number of hydrogen-bond acceptors (Lipinski definition) is 5. The van der Waals surface area contributed by atoms with Gasteiger partial charge in [0.05, 0.1) is 35.1 Å². The lowest BCUT2D eigenvalue weighted by molar-refractivity contribution is 0.0494. The van der Waals surface area contributed by atoms with E-state index < -0.39 is 11.7 Å². The van der Waals surface area contributed by atoms with Crippen LogP contribution < -0.4 is 11.2 Å². The van der Waals surface area contributed by atoms with Crippen LogP contribution in [0.2, 0.25) is 0 Å². The standard InChI is InChI=1S/C23H22N4O4/c1-15-8-3-6-11-20(15)27-16(2)18(14-24-27)22(29)31-13-7-12-26-21(28)17-9-4-5-10-19(17)25-23(26)30/h3-6,8-11,14H,7,12-13H2,1-2H3,(H,25,30). The summed E-state index contributed by atoms with van der Waals surface area (Å²) < 4.78 is 8.19. The number of aromatic nitrogens is 4. The third kappa shape index (κ3) is 3.92. The first-order chi connectivity index (χ1) is 15.0. The summed E-state index contributed by atoms with van der Waals surface area (Å²) in [6.07, 6.45) is 1.82. The van der Waals surface area contributed by atoms with Crippen molar-refractivity contribution in [2.75, 3.05) is 6.61 Å². The molecule has 0 radical (unpaired) electrons. The molecule has 4 aromatic rings. The topological polar surface area (TPSA) is 99.0 Å². The quantitative estimate of drug-likeness (QED) is 0.383. The van der Waals surface area contributed by atoms with Gasteiger partial charge in [-0.25, -0.2) is 14.3 Å². The Hall–Kier alpha value is -3.94. The van der Waals surface area contributed by atoms with E-state index in [-0.39, 0.29) is 18.7 Å².